The van der Waals surface area contributed by atoms with Crippen LogP contribution >= 0.6 is 0 Å². The van der Waals surface area contributed by atoms with Gasteiger partial charge in [-0.05, 0) is 14.0 Å². The van der Waals surface area contributed by atoms with E-state index in [1.54, 1.807) is 26.0 Å². The first-order valence-corrected chi connectivity index (χ1v) is 6.11. The second-order valence-corrected chi connectivity index (χ2v) is 4.04. The first kappa shape index (κ1) is 17.5. The van der Waals surface area contributed by atoms with E-state index >= 15 is 0 Å². The maximum atomic E-state index is 11.5. The van der Waals surface area contributed by atoms with Crippen molar-refractivity contribution in [3.05, 3.63) is 0 Å². The number of carbonyl (C=O) groups is 3. The van der Waals surface area contributed by atoms with Gasteiger partial charge in [0, 0.05) is 13.7 Å². The summed E-state index contributed by atoms with van der Waals surface area (Å²) in [5.74, 6) is -1.00. The van der Waals surface area contributed by atoms with E-state index in [-0.39, 0.29) is 37.8 Å². The zero-order valence-corrected chi connectivity index (χ0v) is 11.7. The van der Waals surface area contributed by atoms with Crippen LogP contribution in [0.1, 0.15) is 13.3 Å². The Morgan fingerprint density at radius 1 is 1.21 bits per heavy atom. The van der Waals surface area contributed by atoms with Crippen molar-refractivity contribution in [2.45, 2.75) is 13.3 Å². The second kappa shape index (κ2) is 10.5. The van der Waals surface area contributed by atoms with E-state index in [9.17, 15) is 14.4 Å². The topological polar surface area (TPSA) is 84.9 Å². The normalized spacial score (nSPS) is 10.3. The fourth-order valence-corrected chi connectivity index (χ4v) is 1.38. The van der Waals surface area contributed by atoms with Crippen LogP contribution in [-0.2, 0) is 23.9 Å². The van der Waals surface area contributed by atoms with Gasteiger partial charge < -0.3 is 14.8 Å². The molecule has 0 unspecified atom stereocenters. The predicted octanol–water partition coefficient (Wildman–Crippen LogP) is -0.797. The molecule has 0 rings (SSSR count). The minimum absolute atomic E-state index is 0.0382. The van der Waals surface area contributed by atoms with Crippen molar-refractivity contribution in [1.29, 1.82) is 0 Å². The molecule has 0 atom stereocenters. The Hall–Kier alpha value is -1.47. The van der Waals surface area contributed by atoms with Gasteiger partial charge in [0.2, 0.25) is 5.91 Å². The number of ketones is 1. The summed E-state index contributed by atoms with van der Waals surface area (Å²) in [5, 5.41) is 2.64. The van der Waals surface area contributed by atoms with Crippen LogP contribution in [0.4, 0.5) is 0 Å². The smallest absolute Gasteiger partial charge is 0.313 e. The third-order valence-electron chi connectivity index (χ3n) is 2.13. The fourth-order valence-electron chi connectivity index (χ4n) is 1.38. The van der Waals surface area contributed by atoms with Gasteiger partial charge in [-0.1, -0.05) is 0 Å². The Morgan fingerprint density at radius 2 is 1.89 bits per heavy atom. The molecule has 0 saturated heterocycles. The lowest BCUT2D eigenvalue weighted by Crippen LogP contribution is -2.39. The molecule has 1 amide bonds. The minimum atomic E-state index is -0.537. The highest BCUT2D eigenvalue weighted by Gasteiger charge is 2.14. The fraction of sp³-hybridized carbons (Fsp3) is 0.750. The van der Waals surface area contributed by atoms with Crippen LogP contribution in [0.3, 0.4) is 0 Å². The summed E-state index contributed by atoms with van der Waals surface area (Å²) in [4.78, 5) is 35.5. The highest BCUT2D eigenvalue weighted by molar-refractivity contribution is 5.96. The van der Waals surface area contributed by atoms with Crippen molar-refractivity contribution in [2.24, 2.45) is 0 Å². The van der Waals surface area contributed by atoms with Gasteiger partial charge in [0.05, 0.1) is 26.3 Å². The molecule has 0 fully saturated rings. The minimum Gasteiger partial charge on any atom is -0.466 e. The lowest BCUT2D eigenvalue weighted by molar-refractivity contribution is -0.145. The molecule has 0 heterocycles. The monoisotopic (exact) mass is 274 g/mol. The molecule has 0 saturated carbocycles. The van der Waals surface area contributed by atoms with Gasteiger partial charge in [-0.25, -0.2) is 0 Å². The molecule has 7 nitrogen and oxygen atoms in total. The zero-order chi connectivity index (χ0) is 14.7. The molecule has 7 heteroatoms. The molecular formula is C12H22N2O5. The molecule has 19 heavy (non-hydrogen) atoms. The predicted molar refractivity (Wildman–Crippen MR) is 68.6 cm³/mol. The number of ether oxygens (including phenoxy) is 2. The summed E-state index contributed by atoms with van der Waals surface area (Å²) in [7, 11) is 3.19. The molecule has 0 radical (unpaired) electrons. The average Bonchev–Trinajstić information content (AvgIpc) is 2.28. The molecule has 0 aromatic rings. The van der Waals surface area contributed by atoms with Crippen LogP contribution in [-0.4, -0.2) is 69.6 Å². The second-order valence-electron chi connectivity index (χ2n) is 4.04. The first-order chi connectivity index (χ1) is 8.99. The van der Waals surface area contributed by atoms with Crippen LogP contribution in [0, 0.1) is 0 Å². The number of hydrogen-bond acceptors (Lipinski definition) is 6. The Balaban J connectivity index is 3.83. The average molecular weight is 274 g/mol. The lowest BCUT2D eigenvalue weighted by atomic mass is 10.2. The van der Waals surface area contributed by atoms with Crippen molar-refractivity contribution in [3.63, 3.8) is 0 Å². The molecule has 0 aliphatic carbocycles. The number of nitrogens with one attached hydrogen (secondary N) is 1. The molecule has 0 bridgehead atoms. The van der Waals surface area contributed by atoms with Crippen LogP contribution in [0.25, 0.3) is 0 Å². The van der Waals surface area contributed by atoms with E-state index in [1.165, 1.54) is 0 Å². The third kappa shape index (κ3) is 10.2. The molecule has 0 aromatic carbocycles. The number of esters is 1. The van der Waals surface area contributed by atoms with Crippen LogP contribution in [0.2, 0.25) is 0 Å². The summed E-state index contributed by atoms with van der Waals surface area (Å²) in [6, 6.07) is 0. The highest BCUT2D eigenvalue weighted by atomic mass is 16.5. The van der Waals surface area contributed by atoms with Crippen LogP contribution in [0.15, 0.2) is 0 Å². The SMILES string of the molecule is CCOC(=O)CC(=O)CN(C)CC(=O)NCCOC. The zero-order valence-electron chi connectivity index (χ0n) is 11.7. The number of amides is 1. The van der Waals surface area contributed by atoms with Gasteiger partial charge in [-0.2, -0.15) is 0 Å². The first-order valence-electron chi connectivity index (χ1n) is 6.11. The number of methoxy groups -OCH3 is 1. The van der Waals surface area contributed by atoms with Gasteiger partial charge in [0.25, 0.3) is 0 Å². The summed E-state index contributed by atoms with van der Waals surface area (Å²) in [6.07, 6.45) is -0.260. The molecule has 110 valence electrons. The standard InChI is InChI=1S/C12H22N2O5/c1-4-19-12(17)7-10(15)8-14(2)9-11(16)13-5-6-18-3/h4-9H2,1-3H3,(H,13,16). The van der Waals surface area contributed by atoms with Gasteiger partial charge in [-0.3, -0.25) is 19.3 Å². The van der Waals surface area contributed by atoms with E-state index in [0.717, 1.165) is 0 Å². The Labute approximate surface area is 113 Å². The van der Waals surface area contributed by atoms with E-state index in [2.05, 4.69) is 10.1 Å². The van der Waals surface area contributed by atoms with Gasteiger partial charge >= 0.3 is 5.97 Å². The highest BCUT2D eigenvalue weighted by Crippen LogP contribution is 1.92. The molecule has 1 N–H and O–H groups in total. The Bertz CT molecular complexity index is 306. The van der Waals surface area contributed by atoms with Crippen molar-refractivity contribution < 1.29 is 23.9 Å². The number of Topliss-reactive ketones (excluding diaryl/α,β-unsaturated/α-hetero) is 1. The molecule has 0 aliphatic rings. The summed E-state index contributed by atoms with van der Waals surface area (Å²) in [6.45, 7) is 2.94. The van der Waals surface area contributed by atoms with Crippen LogP contribution in [0.5, 0.6) is 0 Å². The molecule has 0 aliphatic heterocycles. The van der Waals surface area contributed by atoms with Gasteiger partial charge in [-0.15, -0.1) is 0 Å². The van der Waals surface area contributed by atoms with Crippen molar-refractivity contribution in [2.75, 3.05) is 47.0 Å². The molecule has 0 spiro atoms. The summed E-state index contributed by atoms with van der Waals surface area (Å²) < 4.78 is 9.46. The number of likely N-dealkylation sites (N-methyl/N-ethyl adjacent to an activating group) is 1. The Morgan fingerprint density at radius 3 is 2.47 bits per heavy atom. The molecule has 0 aromatic heterocycles. The number of nitrogens with zero attached hydrogens (tertiary/aromatic N) is 1. The summed E-state index contributed by atoms with van der Waals surface area (Å²) >= 11 is 0. The summed E-state index contributed by atoms with van der Waals surface area (Å²) in [5.41, 5.74) is 0. The van der Waals surface area contributed by atoms with Crippen LogP contribution < -0.4 is 5.32 Å². The van der Waals surface area contributed by atoms with Crippen molar-refractivity contribution >= 4 is 17.7 Å². The van der Waals surface area contributed by atoms with E-state index in [0.29, 0.717) is 13.2 Å². The van der Waals surface area contributed by atoms with Crippen molar-refractivity contribution in [1.82, 2.24) is 10.2 Å². The number of carbonyl (C=O) groups excluding carboxylic acids is 3. The van der Waals surface area contributed by atoms with E-state index < -0.39 is 5.97 Å². The maximum absolute atomic E-state index is 11.5. The number of rotatable bonds is 10. The van der Waals surface area contributed by atoms with Gasteiger partial charge in [0.15, 0.2) is 5.78 Å². The van der Waals surface area contributed by atoms with Crippen molar-refractivity contribution in [3.8, 4) is 0 Å². The quantitative estimate of drug-likeness (QED) is 0.319. The van der Waals surface area contributed by atoms with E-state index in [1.807, 2.05) is 0 Å². The third-order valence-corrected chi connectivity index (χ3v) is 2.13. The van der Waals surface area contributed by atoms with E-state index in [4.69, 9.17) is 4.74 Å². The lowest BCUT2D eigenvalue weighted by Gasteiger charge is -2.15. The Kier molecular flexibility index (Phi) is 9.64. The number of hydrogen-bond donors (Lipinski definition) is 1. The molecular weight excluding hydrogens is 252 g/mol. The van der Waals surface area contributed by atoms with Gasteiger partial charge in [0.1, 0.15) is 6.42 Å². The maximum Gasteiger partial charge on any atom is 0.313 e. The largest absolute Gasteiger partial charge is 0.466 e.